The number of nitrogens with two attached hydrogens (primary N) is 1. The van der Waals surface area contributed by atoms with Crippen molar-refractivity contribution in [3.05, 3.63) is 35.4 Å². The fourth-order valence-corrected chi connectivity index (χ4v) is 2.78. The van der Waals surface area contributed by atoms with Crippen LogP contribution in [-0.2, 0) is 6.42 Å². The van der Waals surface area contributed by atoms with E-state index in [1.165, 1.54) is 11.1 Å². The first-order chi connectivity index (χ1) is 8.67. The average molecular weight is 243 g/mol. The number of rotatable bonds is 3. The highest BCUT2D eigenvalue weighted by Gasteiger charge is 2.24. The average Bonchev–Trinajstić information content (AvgIpc) is 2.32. The highest BCUT2D eigenvalue weighted by molar-refractivity contribution is 5.21. The van der Waals surface area contributed by atoms with Crippen molar-refractivity contribution in [3.63, 3.8) is 0 Å². The Labute approximate surface area is 109 Å². The van der Waals surface area contributed by atoms with E-state index in [-0.39, 0.29) is 6.04 Å². The monoisotopic (exact) mass is 243 g/mol. The summed E-state index contributed by atoms with van der Waals surface area (Å²) in [5.74, 6) is 0.574. The third-order valence-corrected chi connectivity index (χ3v) is 3.58. The second-order valence-corrected chi connectivity index (χ2v) is 5.40. The van der Waals surface area contributed by atoms with Crippen molar-refractivity contribution in [2.24, 2.45) is 11.7 Å². The Kier molecular flexibility index (Phi) is 4.35. The second-order valence-electron chi connectivity index (χ2n) is 5.40. The van der Waals surface area contributed by atoms with Gasteiger partial charge in [-0.3, -0.25) is 4.90 Å². The quantitative estimate of drug-likeness (QED) is 0.822. The minimum atomic E-state index is 0.211. The number of benzene rings is 1. The lowest BCUT2D eigenvalue weighted by molar-refractivity contribution is 0.172. The number of nitriles is 1. The Bertz CT molecular complexity index is 418. The van der Waals surface area contributed by atoms with Crippen molar-refractivity contribution in [2.75, 3.05) is 19.6 Å². The zero-order chi connectivity index (χ0) is 13.0. The molecule has 0 aliphatic carbocycles. The lowest BCUT2D eigenvalue weighted by atomic mass is 9.89. The number of aryl methyl sites for hydroxylation is 1. The lowest BCUT2D eigenvalue weighted by Crippen LogP contribution is -2.47. The fourth-order valence-electron chi connectivity index (χ4n) is 2.78. The van der Waals surface area contributed by atoms with E-state index in [2.05, 4.69) is 42.2 Å². The molecule has 96 valence electrons. The van der Waals surface area contributed by atoms with Crippen LogP contribution in [0.2, 0.25) is 0 Å². The molecule has 0 saturated carbocycles. The number of nitrogens with zero attached hydrogens (tertiary/aromatic N) is 2. The van der Waals surface area contributed by atoms with Crippen LogP contribution in [0.1, 0.15) is 17.5 Å². The Morgan fingerprint density at radius 2 is 2.06 bits per heavy atom. The topological polar surface area (TPSA) is 53.0 Å². The normalized spacial score (nSPS) is 24.7. The summed E-state index contributed by atoms with van der Waals surface area (Å²) in [4.78, 5) is 2.17. The standard InChI is InChI=1S/C15H21N3/c1-12-2-4-13(5-3-12)8-14-9-15(17)11-18(10-14)7-6-16/h2-5,14-15H,7-11,17H2,1H3. The molecule has 0 radical (unpaired) electrons. The van der Waals surface area contributed by atoms with Crippen molar-refractivity contribution < 1.29 is 0 Å². The molecule has 1 aliphatic rings. The maximum atomic E-state index is 8.78. The molecule has 1 aromatic carbocycles. The van der Waals surface area contributed by atoms with E-state index in [0.717, 1.165) is 25.9 Å². The van der Waals surface area contributed by atoms with Crippen molar-refractivity contribution >= 4 is 0 Å². The van der Waals surface area contributed by atoms with Crippen LogP contribution in [0.5, 0.6) is 0 Å². The minimum Gasteiger partial charge on any atom is -0.327 e. The van der Waals surface area contributed by atoms with E-state index >= 15 is 0 Å². The molecule has 1 aliphatic heterocycles. The highest BCUT2D eigenvalue weighted by Crippen LogP contribution is 2.20. The Balaban J connectivity index is 1.96. The molecule has 18 heavy (non-hydrogen) atoms. The third kappa shape index (κ3) is 3.56. The predicted molar refractivity (Wildman–Crippen MR) is 73.0 cm³/mol. The van der Waals surface area contributed by atoms with E-state index in [0.29, 0.717) is 12.5 Å². The van der Waals surface area contributed by atoms with Crippen molar-refractivity contribution in [1.29, 1.82) is 5.26 Å². The SMILES string of the molecule is Cc1ccc(CC2CC(N)CN(CC#N)C2)cc1. The van der Waals surface area contributed by atoms with Crippen molar-refractivity contribution in [1.82, 2.24) is 4.90 Å². The van der Waals surface area contributed by atoms with Gasteiger partial charge in [-0.2, -0.15) is 5.26 Å². The fraction of sp³-hybridized carbons (Fsp3) is 0.533. The predicted octanol–water partition coefficient (Wildman–Crippen LogP) is 1.71. The van der Waals surface area contributed by atoms with Crippen molar-refractivity contribution in [3.8, 4) is 6.07 Å². The molecular weight excluding hydrogens is 222 g/mol. The molecule has 1 aromatic rings. The molecule has 0 spiro atoms. The molecule has 2 rings (SSSR count). The zero-order valence-electron chi connectivity index (χ0n) is 11.0. The summed E-state index contributed by atoms with van der Waals surface area (Å²) in [6, 6.07) is 11.1. The van der Waals surface area contributed by atoms with Crippen LogP contribution < -0.4 is 5.73 Å². The van der Waals surface area contributed by atoms with Crippen LogP contribution in [0.15, 0.2) is 24.3 Å². The molecule has 3 heteroatoms. The first kappa shape index (κ1) is 13.1. The summed E-state index contributed by atoms with van der Waals surface area (Å²) in [7, 11) is 0. The van der Waals surface area contributed by atoms with E-state index in [4.69, 9.17) is 11.0 Å². The van der Waals surface area contributed by atoms with Gasteiger partial charge in [0.25, 0.3) is 0 Å². The van der Waals surface area contributed by atoms with E-state index in [1.54, 1.807) is 0 Å². The van der Waals surface area contributed by atoms with Gasteiger partial charge in [-0.05, 0) is 31.2 Å². The van der Waals surface area contributed by atoms with Crippen LogP contribution >= 0.6 is 0 Å². The minimum absolute atomic E-state index is 0.211. The third-order valence-electron chi connectivity index (χ3n) is 3.58. The van der Waals surface area contributed by atoms with Gasteiger partial charge in [0.05, 0.1) is 12.6 Å². The molecule has 0 amide bonds. The lowest BCUT2D eigenvalue weighted by Gasteiger charge is -2.35. The molecule has 1 heterocycles. The number of likely N-dealkylation sites (tertiary alicyclic amines) is 1. The van der Waals surface area contributed by atoms with Crippen LogP contribution in [0.3, 0.4) is 0 Å². The second kappa shape index (κ2) is 5.99. The summed E-state index contributed by atoms with van der Waals surface area (Å²) in [6.07, 6.45) is 2.13. The summed E-state index contributed by atoms with van der Waals surface area (Å²) < 4.78 is 0. The Morgan fingerprint density at radius 1 is 1.33 bits per heavy atom. The molecule has 0 aromatic heterocycles. The van der Waals surface area contributed by atoms with Gasteiger partial charge in [0, 0.05) is 19.1 Å². The molecule has 0 bridgehead atoms. The Morgan fingerprint density at radius 3 is 2.72 bits per heavy atom. The van der Waals surface area contributed by atoms with Crippen LogP contribution in [-0.4, -0.2) is 30.6 Å². The smallest absolute Gasteiger partial charge is 0.0866 e. The van der Waals surface area contributed by atoms with Crippen LogP contribution in [0, 0.1) is 24.2 Å². The summed E-state index contributed by atoms with van der Waals surface area (Å²) in [5, 5.41) is 8.78. The summed E-state index contributed by atoms with van der Waals surface area (Å²) in [6.45, 7) is 4.46. The zero-order valence-corrected chi connectivity index (χ0v) is 11.0. The largest absolute Gasteiger partial charge is 0.327 e. The summed E-state index contributed by atoms with van der Waals surface area (Å²) in [5.41, 5.74) is 8.74. The molecule has 3 nitrogen and oxygen atoms in total. The molecule has 1 fully saturated rings. The van der Waals surface area contributed by atoms with Gasteiger partial charge in [0.2, 0.25) is 0 Å². The van der Waals surface area contributed by atoms with Gasteiger partial charge >= 0.3 is 0 Å². The van der Waals surface area contributed by atoms with Crippen LogP contribution in [0.25, 0.3) is 0 Å². The number of piperidine rings is 1. The van der Waals surface area contributed by atoms with Crippen molar-refractivity contribution in [2.45, 2.75) is 25.8 Å². The molecule has 2 atom stereocenters. The highest BCUT2D eigenvalue weighted by atomic mass is 15.1. The number of hydrogen-bond donors (Lipinski definition) is 1. The van der Waals surface area contributed by atoms with Gasteiger partial charge < -0.3 is 5.73 Å². The van der Waals surface area contributed by atoms with Gasteiger partial charge in [0.1, 0.15) is 0 Å². The first-order valence-electron chi connectivity index (χ1n) is 6.58. The number of hydrogen-bond acceptors (Lipinski definition) is 3. The van der Waals surface area contributed by atoms with E-state index < -0.39 is 0 Å². The van der Waals surface area contributed by atoms with Gasteiger partial charge in [-0.15, -0.1) is 0 Å². The molecule has 2 N–H and O–H groups in total. The first-order valence-corrected chi connectivity index (χ1v) is 6.58. The Hall–Kier alpha value is -1.37. The molecule has 1 saturated heterocycles. The van der Waals surface area contributed by atoms with Gasteiger partial charge in [0.15, 0.2) is 0 Å². The van der Waals surface area contributed by atoms with E-state index in [1.807, 2.05) is 0 Å². The van der Waals surface area contributed by atoms with E-state index in [9.17, 15) is 0 Å². The summed E-state index contributed by atoms with van der Waals surface area (Å²) >= 11 is 0. The molecule has 2 unspecified atom stereocenters. The van der Waals surface area contributed by atoms with Gasteiger partial charge in [-0.1, -0.05) is 29.8 Å². The molecular formula is C15H21N3. The van der Waals surface area contributed by atoms with Crippen LogP contribution in [0.4, 0.5) is 0 Å². The maximum Gasteiger partial charge on any atom is 0.0866 e. The maximum absolute atomic E-state index is 8.78. The van der Waals surface area contributed by atoms with Gasteiger partial charge in [-0.25, -0.2) is 0 Å².